The van der Waals surface area contributed by atoms with Crippen LogP contribution >= 0.6 is 11.6 Å². The van der Waals surface area contributed by atoms with E-state index in [0.717, 1.165) is 0 Å². The predicted molar refractivity (Wildman–Crippen MR) is 64.9 cm³/mol. The number of anilines is 1. The Morgan fingerprint density at radius 2 is 2.12 bits per heavy atom. The lowest BCUT2D eigenvalue weighted by molar-refractivity contribution is -0.111. The summed E-state index contributed by atoms with van der Waals surface area (Å²) >= 11 is 5.79. The Morgan fingerprint density at radius 1 is 1.47 bits per heavy atom. The molecule has 17 heavy (non-hydrogen) atoms. The molecule has 0 bridgehead atoms. The highest BCUT2D eigenvalue weighted by Crippen LogP contribution is 2.24. The molecule has 0 heterocycles. The second kappa shape index (κ2) is 5.19. The minimum Gasteiger partial charge on any atom is -0.314 e. The highest BCUT2D eigenvalue weighted by atomic mass is 35.5. The molecule has 90 valence electrons. The second-order valence-corrected chi connectivity index (χ2v) is 4.98. The average Bonchev–Trinajstić information content (AvgIpc) is 2.20. The van der Waals surface area contributed by atoms with E-state index in [0.29, 0.717) is 0 Å². The first-order valence-corrected chi connectivity index (χ1v) is 6.33. The predicted octanol–water partition coefficient (Wildman–Crippen LogP) is 0.949. The van der Waals surface area contributed by atoms with Gasteiger partial charge < -0.3 is 5.32 Å². The number of carbonyl (C=O) groups is 1. The van der Waals surface area contributed by atoms with Crippen LogP contribution in [0.2, 0.25) is 5.02 Å². The van der Waals surface area contributed by atoms with E-state index in [1.165, 1.54) is 25.1 Å². The number of halogens is 1. The summed E-state index contributed by atoms with van der Waals surface area (Å²) in [5, 5.41) is 7.51. The average molecular weight is 273 g/mol. The van der Waals surface area contributed by atoms with E-state index in [4.69, 9.17) is 16.7 Å². The highest BCUT2D eigenvalue weighted by Gasteiger charge is 2.11. The lowest BCUT2D eigenvalue weighted by Gasteiger charge is -2.06. The van der Waals surface area contributed by atoms with Gasteiger partial charge >= 0.3 is 0 Å². The molecule has 5 nitrogen and oxygen atoms in total. The molecule has 0 saturated heterocycles. The topological polar surface area (TPSA) is 89.3 Å². The molecule has 0 fully saturated rings. The fourth-order valence-corrected chi connectivity index (χ4v) is 1.75. The first kappa shape index (κ1) is 13.5. The molecule has 7 heteroatoms. The molecule has 1 aromatic rings. The molecule has 1 aromatic carbocycles. The van der Waals surface area contributed by atoms with E-state index < -0.39 is 15.9 Å². The maximum Gasteiger partial charge on any atom is 0.300 e. The molecule has 0 spiro atoms. The number of hydrogen-bond acceptors (Lipinski definition) is 3. The fraction of sp³-hybridized carbons (Fsp3) is 0.100. The van der Waals surface area contributed by atoms with Crippen LogP contribution in [-0.4, -0.2) is 14.3 Å². The highest BCUT2D eigenvalue weighted by molar-refractivity contribution is 7.89. The molecule has 1 amide bonds. The normalized spacial score (nSPS) is 10.3. The Kier molecular flexibility index (Phi) is 4.12. The van der Waals surface area contributed by atoms with Crippen molar-refractivity contribution in [3.05, 3.63) is 23.2 Å². The van der Waals surface area contributed by atoms with E-state index >= 15 is 0 Å². The summed E-state index contributed by atoms with van der Waals surface area (Å²) in [6, 6.07) is 3.75. The molecule has 0 saturated carbocycles. The van der Waals surface area contributed by atoms with Crippen molar-refractivity contribution in [3.63, 3.8) is 0 Å². The summed E-state index contributed by atoms with van der Waals surface area (Å²) in [7, 11) is -3.84. The molecule has 0 aliphatic heterocycles. The molecule has 3 N–H and O–H groups in total. The Balaban J connectivity index is 3.15. The number of nitrogens with one attached hydrogen (secondary N) is 1. The Labute approximate surface area is 104 Å². The molecule has 0 aliphatic carbocycles. The van der Waals surface area contributed by atoms with Gasteiger partial charge in [0.2, 0.25) is 10.0 Å². The van der Waals surface area contributed by atoms with Crippen molar-refractivity contribution in [1.82, 2.24) is 0 Å². The minimum atomic E-state index is -3.84. The van der Waals surface area contributed by atoms with Crippen molar-refractivity contribution < 1.29 is 13.2 Å². The van der Waals surface area contributed by atoms with Crippen molar-refractivity contribution >= 4 is 33.2 Å². The number of amides is 1. The Bertz CT molecular complexity index is 614. The second-order valence-electron chi connectivity index (χ2n) is 3.02. The van der Waals surface area contributed by atoms with Crippen molar-refractivity contribution in [2.45, 2.75) is 11.8 Å². The van der Waals surface area contributed by atoms with Gasteiger partial charge in [0, 0.05) is 0 Å². The monoisotopic (exact) mass is 272 g/mol. The van der Waals surface area contributed by atoms with Crippen LogP contribution in [0.4, 0.5) is 5.69 Å². The van der Waals surface area contributed by atoms with Gasteiger partial charge in [-0.3, -0.25) is 4.79 Å². The number of primary sulfonamides is 1. The van der Waals surface area contributed by atoms with Gasteiger partial charge in [-0.2, -0.15) is 0 Å². The number of sulfonamides is 1. The molecule has 0 unspecified atom stereocenters. The summed E-state index contributed by atoms with van der Waals surface area (Å²) in [6.07, 6.45) is 0. The zero-order chi connectivity index (χ0) is 13.1. The van der Waals surface area contributed by atoms with Gasteiger partial charge in [-0.15, -0.1) is 0 Å². The van der Waals surface area contributed by atoms with Gasteiger partial charge in [0.15, 0.2) is 0 Å². The third kappa shape index (κ3) is 3.75. The molecule has 0 aliphatic rings. The Hall–Kier alpha value is -1.55. The minimum absolute atomic E-state index is 0.137. The van der Waals surface area contributed by atoms with Gasteiger partial charge in [-0.25, -0.2) is 13.6 Å². The van der Waals surface area contributed by atoms with Crippen LogP contribution < -0.4 is 10.5 Å². The first-order chi connectivity index (χ1) is 7.84. The smallest absolute Gasteiger partial charge is 0.300 e. The van der Waals surface area contributed by atoms with Crippen LogP contribution in [0.3, 0.4) is 0 Å². The zero-order valence-electron chi connectivity index (χ0n) is 8.82. The quantitative estimate of drug-likeness (QED) is 0.786. The molecular formula is C10H9ClN2O3S. The van der Waals surface area contributed by atoms with Crippen LogP contribution in [0.5, 0.6) is 0 Å². The van der Waals surface area contributed by atoms with Gasteiger partial charge in [0.05, 0.1) is 15.6 Å². The molecule has 1 rings (SSSR count). The van der Waals surface area contributed by atoms with Crippen LogP contribution in [0.15, 0.2) is 23.1 Å². The van der Waals surface area contributed by atoms with E-state index in [-0.39, 0.29) is 15.6 Å². The van der Waals surface area contributed by atoms with Gasteiger partial charge in [-0.05, 0) is 31.0 Å². The number of nitrogens with two attached hydrogens (primary N) is 1. The molecule has 0 atom stereocenters. The maximum atomic E-state index is 11.2. The summed E-state index contributed by atoms with van der Waals surface area (Å²) in [5.74, 6) is 4.06. The fourth-order valence-electron chi connectivity index (χ4n) is 1.04. The number of benzene rings is 1. The van der Waals surface area contributed by atoms with Crippen molar-refractivity contribution in [1.29, 1.82) is 0 Å². The summed E-state index contributed by atoms with van der Waals surface area (Å²) in [6.45, 7) is 1.50. The first-order valence-electron chi connectivity index (χ1n) is 4.40. The van der Waals surface area contributed by atoms with Crippen molar-refractivity contribution in [2.24, 2.45) is 5.14 Å². The van der Waals surface area contributed by atoms with Crippen LogP contribution in [-0.2, 0) is 14.8 Å². The van der Waals surface area contributed by atoms with Gasteiger partial charge in [0.25, 0.3) is 5.91 Å². The SMILES string of the molecule is CC#CC(=O)Nc1cc(S(N)(=O)=O)ccc1Cl. The van der Waals surface area contributed by atoms with Gasteiger partial charge in [0.1, 0.15) is 0 Å². The standard InChI is InChI=1S/C10H9ClN2O3S/c1-2-3-10(14)13-9-6-7(17(12,15)16)4-5-8(9)11/h4-6H,1H3,(H,13,14)(H2,12,15,16). The summed E-state index contributed by atoms with van der Waals surface area (Å²) in [4.78, 5) is 11.1. The summed E-state index contributed by atoms with van der Waals surface area (Å²) < 4.78 is 22.2. The molecule has 0 radical (unpaired) electrons. The third-order valence-electron chi connectivity index (χ3n) is 1.75. The van der Waals surface area contributed by atoms with E-state index in [2.05, 4.69) is 17.2 Å². The van der Waals surface area contributed by atoms with E-state index in [1.54, 1.807) is 0 Å². The third-order valence-corrected chi connectivity index (χ3v) is 2.99. The molecule has 0 aromatic heterocycles. The Morgan fingerprint density at radius 3 is 2.65 bits per heavy atom. The number of carbonyl (C=O) groups excluding carboxylic acids is 1. The maximum absolute atomic E-state index is 11.2. The molecular weight excluding hydrogens is 264 g/mol. The number of rotatable bonds is 2. The van der Waals surface area contributed by atoms with Crippen LogP contribution in [0, 0.1) is 11.8 Å². The largest absolute Gasteiger partial charge is 0.314 e. The van der Waals surface area contributed by atoms with E-state index in [9.17, 15) is 13.2 Å². The van der Waals surface area contributed by atoms with Crippen LogP contribution in [0.1, 0.15) is 6.92 Å². The summed E-state index contributed by atoms with van der Waals surface area (Å²) in [5.41, 5.74) is 0.144. The van der Waals surface area contributed by atoms with Crippen molar-refractivity contribution in [2.75, 3.05) is 5.32 Å². The van der Waals surface area contributed by atoms with Gasteiger partial charge in [-0.1, -0.05) is 17.5 Å². The van der Waals surface area contributed by atoms with E-state index in [1.807, 2.05) is 0 Å². The van der Waals surface area contributed by atoms with Crippen LogP contribution in [0.25, 0.3) is 0 Å². The zero-order valence-corrected chi connectivity index (χ0v) is 10.4. The lowest BCUT2D eigenvalue weighted by atomic mass is 10.3. The lowest BCUT2D eigenvalue weighted by Crippen LogP contribution is -2.14. The van der Waals surface area contributed by atoms with Crippen molar-refractivity contribution in [3.8, 4) is 11.8 Å². The number of hydrogen-bond donors (Lipinski definition) is 2.